The third kappa shape index (κ3) is 1.80. The van der Waals surface area contributed by atoms with Gasteiger partial charge in [-0.3, -0.25) is 0 Å². The molecule has 0 saturated carbocycles. The van der Waals surface area contributed by atoms with E-state index in [4.69, 9.17) is 14.6 Å². The van der Waals surface area contributed by atoms with Crippen LogP contribution in [0, 0.1) is 0 Å². The Hall–Kier alpha value is -0.520. The quantitative estimate of drug-likeness (QED) is 0.922. The molecule has 0 saturated heterocycles. The van der Waals surface area contributed by atoms with E-state index in [1.165, 1.54) is 0 Å². The molecule has 0 aliphatic rings. The predicted molar refractivity (Wildman–Crippen MR) is 58.8 cm³/mol. The maximum absolute atomic E-state index is 5.97. The van der Waals surface area contributed by atoms with Crippen LogP contribution in [-0.4, -0.2) is 0 Å². The predicted octanol–water partition coefficient (Wildman–Crippen LogP) is 3.45. The average Bonchev–Trinajstić information content (AvgIpc) is 2.73. The molecule has 0 fully saturated rings. The van der Waals surface area contributed by atoms with Gasteiger partial charge in [0.15, 0.2) is 4.67 Å². The molecule has 0 amide bonds. The molecular formula is C9H7Br2NO2. The van der Waals surface area contributed by atoms with Gasteiger partial charge in [0.25, 0.3) is 0 Å². The number of nitrogens with two attached hydrogens (primary N) is 1. The first-order valence-electron chi connectivity index (χ1n) is 3.91. The van der Waals surface area contributed by atoms with Crippen LogP contribution in [0.1, 0.15) is 17.4 Å². The molecule has 0 spiro atoms. The fraction of sp³-hybridized carbons (Fsp3) is 0.111. The summed E-state index contributed by atoms with van der Waals surface area (Å²) in [7, 11) is 0. The van der Waals surface area contributed by atoms with Gasteiger partial charge in [-0.15, -0.1) is 0 Å². The normalized spacial score (nSPS) is 13.1. The lowest BCUT2D eigenvalue weighted by molar-refractivity contribution is 0.483. The van der Waals surface area contributed by atoms with Crippen molar-refractivity contribution in [2.24, 2.45) is 5.73 Å². The van der Waals surface area contributed by atoms with E-state index in [0.717, 1.165) is 10.0 Å². The summed E-state index contributed by atoms with van der Waals surface area (Å²) in [5.74, 6) is 0.693. The smallest absolute Gasteiger partial charge is 0.169 e. The largest absolute Gasteiger partial charge is 0.466 e. The van der Waals surface area contributed by atoms with Crippen molar-refractivity contribution in [1.29, 1.82) is 0 Å². The summed E-state index contributed by atoms with van der Waals surface area (Å²) in [5.41, 5.74) is 6.84. The molecule has 0 radical (unpaired) electrons. The summed E-state index contributed by atoms with van der Waals surface area (Å²) in [6.07, 6.45) is 3.19. The van der Waals surface area contributed by atoms with Gasteiger partial charge in [-0.05, 0) is 44.0 Å². The van der Waals surface area contributed by atoms with Crippen molar-refractivity contribution in [3.63, 3.8) is 0 Å². The highest BCUT2D eigenvalue weighted by molar-refractivity contribution is 9.10. The molecule has 0 bridgehead atoms. The Morgan fingerprint density at radius 1 is 1.29 bits per heavy atom. The lowest BCUT2D eigenvalue weighted by Gasteiger charge is -2.05. The highest BCUT2D eigenvalue weighted by Gasteiger charge is 2.17. The van der Waals surface area contributed by atoms with Crippen LogP contribution in [0.3, 0.4) is 0 Å². The van der Waals surface area contributed by atoms with E-state index in [-0.39, 0.29) is 6.04 Å². The Morgan fingerprint density at radius 2 is 2.07 bits per heavy atom. The van der Waals surface area contributed by atoms with Gasteiger partial charge in [-0.25, -0.2) is 0 Å². The van der Waals surface area contributed by atoms with E-state index in [0.29, 0.717) is 10.4 Å². The molecule has 1 atom stereocenters. The Labute approximate surface area is 97.5 Å². The zero-order valence-electron chi connectivity index (χ0n) is 7.04. The Bertz CT molecular complexity index is 435. The Morgan fingerprint density at radius 3 is 2.57 bits per heavy atom. The molecule has 2 aromatic heterocycles. The van der Waals surface area contributed by atoms with Gasteiger partial charge in [0.05, 0.1) is 23.0 Å². The second kappa shape index (κ2) is 3.92. The molecule has 2 heterocycles. The van der Waals surface area contributed by atoms with E-state index >= 15 is 0 Å². The standard InChI is InChI=1S/C9H7Br2NO2/c10-6-1-2-13-9(6)8(12)5-3-7(11)14-4-5/h1-4,8H,12H2. The van der Waals surface area contributed by atoms with Gasteiger partial charge < -0.3 is 14.6 Å². The van der Waals surface area contributed by atoms with Gasteiger partial charge in [-0.1, -0.05) is 0 Å². The molecule has 0 aliphatic carbocycles. The molecule has 2 aromatic rings. The summed E-state index contributed by atoms with van der Waals surface area (Å²) in [6.45, 7) is 0. The van der Waals surface area contributed by atoms with Crippen LogP contribution < -0.4 is 5.73 Å². The maximum Gasteiger partial charge on any atom is 0.169 e. The lowest BCUT2D eigenvalue weighted by atomic mass is 10.1. The van der Waals surface area contributed by atoms with E-state index in [1.807, 2.05) is 12.1 Å². The zero-order chi connectivity index (χ0) is 10.1. The van der Waals surface area contributed by atoms with Gasteiger partial charge >= 0.3 is 0 Å². The van der Waals surface area contributed by atoms with E-state index in [2.05, 4.69) is 31.9 Å². The highest BCUT2D eigenvalue weighted by atomic mass is 79.9. The van der Waals surface area contributed by atoms with E-state index in [9.17, 15) is 0 Å². The van der Waals surface area contributed by atoms with Crippen molar-refractivity contribution >= 4 is 31.9 Å². The SMILES string of the molecule is NC(c1coc(Br)c1)c1occc1Br. The lowest BCUT2D eigenvalue weighted by Crippen LogP contribution is -2.10. The third-order valence-electron chi connectivity index (χ3n) is 1.87. The van der Waals surface area contributed by atoms with Crippen molar-refractivity contribution in [1.82, 2.24) is 0 Å². The number of halogens is 2. The topological polar surface area (TPSA) is 52.3 Å². The van der Waals surface area contributed by atoms with Gasteiger partial charge in [0, 0.05) is 5.56 Å². The fourth-order valence-corrected chi connectivity index (χ4v) is 1.97. The summed E-state index contributed by atoms with van der Waals surface area (Å²) < 4.78 is 11.9. The van der Waals surface area contributed by atoms with Gasteiger partial charge in [0.1, 0.15) is 5.76 Å². The fourth-order valence-electron chi connectivity index (χ4n) is 1.17. The molecule has 0 aliphatic heterocycles. The van der Waals surface area contributed by atoms with Gasteiger partial charge in [0.2, 0.25) is 0 Å². The van der Waals surface area contributed by atoms with Crippen LogP contribution in [0.2, 0.25) is 0 Å². The van der Waals surface area contributed by atoms with Crippen molar-refractivity contribution < 1.29 is 8.83 Å². The maximum atomic E-state index is 5.97. The molecule has 0 aromatic carbocycles. The summed E-state index contributed by atoms with van der Waals surface area (Å²) in [6, 6.07) is 3.32. The van der Waals surface area contributed by atoms with Crippen LogP contribution >= 0.6 is 31.9 Å². The molecule has 2 rings (SSSR count). The summed E-state index contributed by atoms with van der Waals surface area (Å²) in [5, 5.41) is 0. The minimum atomic E-state index is -0.311. The molecule has 74 valence electrons. The van der Waals surface area contributed by atoms with Crippen molar-refractivity contribution in [2.75, 3.05) is 0 Å². The molecular weight excluding hydrogens is 314 g/mol. The van der Waals surface area contributed by atoms with E-state index < -0.39 is 0 Å². The summed E-state index contributed by atoms with van der Waals surface area (Å²) in [4.78, 5) is 0. The number of hydrogen-bond acceptors (Lipinski definition) is 3. The molecule has 3 nitrogen and oxygen atoms in total. The third-order valence-corrected chi connectivity index (χ3v) is 2.95. The van der Waals surface area contributed by atoms with Crippen molar-refractivity contribution in [3.05, 3.63) is 45.1 Å². The summed E-state index contributed by atoms with van der Waals surface area (Å²) >= 11 is 6.57. The minimum Gasteiger partial charge on any atom is -0.466 e. The Kier molecular flexibility index (Phi) is 2.80. The van der Waals surface area contributed by atoms with Crippen LogP contribution in [0.5, 0.6) is 0 Å². The molecule has 14 heavy (non-hydrogen) atoms. The molecule has 2 N–H and O–H groups in total. The highest BCUT2D eigenvalue weighted by Crippen LogP contribution is 2.29. The van der Waals surface area contributed by atoms with Crippen molar-refractivity contribution in [2.45, 2.75) is 6.04 Å². The zero-order valence-corrected chi connectivity index (χ0v) is 10.2. The van der Waals surface area contributed by atoms with Gasteiger partial charge in [-0.2, -0.15) is 0 Å². The average molecular weight is 321 g/mol. The second-order valence-electron chi connectivity index (χ2n) is 2.79. The first kappa shape index (κ1) is 10.0. The van der Waals surface area contributed by atoms with Crippen LogP contribution in [0.4, 0.5) is 0 Å². The first-order chi connectivity index (χ1) is 6.68. The monoisotopic (exact) mass is 319 g/mol. The van der Waals surface area contributed by atoms with E-state index in [1.54, 1.807) is 12.5 Å². The first-order valence-corrected chi connectivity index (χ1v) is 5.49. The second-order valence-corrected chi connectivity index (χ2v) is 4.43. The van der Waals surface area contributed by atoms with Crippen molar-refractivity contribution in [3.8, 4) is 0 Å². The Balaban J connectivity index is 2.33. The van der Waals surface area contributed by atoms with Crippen LogP contribution in [0.25, 0.3) is 0 Å². The molecule has 5 heteroatoms. The van der Waals surface area contributed by atoms with Crippen LogP contribution in [-0.2, 0) is 0 Å². The number of rotatable bonds is 2. The number of hydrogen-bond donors (Lipinski definition) is 1. The molecule has 1 unspecified atom stereocenters. The number of furan rings is 2. The van der Waals surface area contributed by atoms with Crippen LogP contribution in [0.15, 0.2) is 42.6 Å². The minimum absolute atomic E-state index is 0.311.